The lowest BCUT2D eigenvalue weighted by Gasteiger charge is -2.24. The smallest absolute Gasteiger partial charge is 0.144 e. The third kappa shape index (κ3) is 7.50. The molecule has 3 heterocycles. The van der Waals surface area contributed by atoms with Gasteiger partial charge in [-0.05, 0) is 130 Å². The number of hydrogen-bond donors (Lipinski definition) is 0. The zero-order valence-electron chi connectivity index (χ0n) is 36.7. The number of rotatable bonds is 10. The topological polar surface area (TPSA) is 44.9 Å². The normalized spacial score (nSPS) is 11.6. The minimum absolute atomic E-state index is 0.273. The summed E-state index contributed by atoms with van der Waals surface area (Å²) < 4.78 is 11.2. The van der Waals surface area contributed by atoms with Crippen LogP contribution in [0.2, 0.25) is 0 Å². The lowest BCUT2D eigenvalue weighted by atomic mass is 9.87. The van der Waals surface area contributed by atoms with Crippen molar-refractivity contribution in [3.63, 3.8) is 0 Å². The molecule has 0 aliphatic rings. The molecular weight excluding hydrogens is 769 g/mol. The molecule has 0 spiro atoms. The lowest BCUT2D eigenvalue weighted by molar-refractivity contribution is 0.483. The van der Waals surface area contributed by atoms with Gasteiger partial charge in [-0.15, -0.1) is 0 Å². The van der Waals surface area contributed by atoms with Crippen LogP contribution >= 0.6 is 0 Å². The number of fused-ring (bicyclic) bond motifs is 3. The number of aromatic nitrogens is 4. The number of ether oxygens (including phenoxy) is 1. The summed E-state index contributed by atoms with van der Waals surface area (Å²) in [4.78, 5) is 9.83. The number of nitrogens with zero attached hydrogens (tertiary/aromatic N) is 4. The first-order valence-corrected chi connectivity index (χ1v) is 21.9. The molecule has 5 heteroatoms. The Balaban J connectivity index is 0.972. The summed E-state index contributed by atoms with van der Waals surface area (Å²) in [6, 6.07) is 58.4. The molecule has 0 amide bonds. The van der Waals surface area contributed by atoms with E-state index >= 15 is 0 Å². The SMILES string of the molecule is Cc1cnc(-n2c3ccccc3c3ccc(Oc4cccc(-c5nccn5-c5c(C(C)C)cc(-c6ccc(-c7ccc(-c8ccccc8)cc7)cc6)cc5C(C)C)c4)cc32)cc1C. The van der Waals surface area contributed by atoms with Crippen molar-refractivity contribution in [1.29, 1.82) is 0 Å². The fourth-order valence-electron chi connectivity index (χ4n) is 8.87. The molecule has 0 atom stereocenters. The van der Waals surface area contributed by atoms with Crippen LogP contribution < -0.4 is 4.74 Å². The standard InChI is InChI=1S/C58H50N4O/c1-37(2)52-33-47(45-25-23-44(24-26-45)43-21-19-42(20-22-43)41-13-8-7-9-14-41)34-53(38(3)4)57(52)61-30-29-59-58(61)46-15-12-16-48(32-46)63-49-27-28-51-50-17-10-11-18-54(50)62(55(51)35-49)56-31-39(5)40(6)36-60-56/h7-38H,1-6H3. The second-order valence-corrected chi connectivity index (χ2v) is 17.2. The average Bonchev–Trinajstić information content (AvgIpc) is 3.93. The Morgan fingerprint density at radius 3 is 1.68 bits per heavy atom. The maximum atomic E-state index is 6.68. The quantitative estimate of drug-likeness (QED) is 0.138. The van der Waals surface area contributed by atoms with Crippen LogP contribution in [0, 0.1) is 13.8 Å². The number of aryl methyl sites for hydroxylation is 2. The number of benzene rings is 7. The molecule has 3 aromatic heterocycles. The van der Waals surface area contributed by atoms with E-state index in [1.807, 2.05) is 18.5 Å². The molecule has 0 aliphatic heterocycles. The third-order valence-electron chi connectivity index (χ3n) is 12.4. The van der Waals surface area contributed by atoms with Gasteiger partial charge in [0.2, 0.25) is 0 Å². The van der Waals surface area contributed by atoms with Crippen molar-refractivity contribution in [3.05, 3.63) is 205 Å². The largest absolute Gasteiger partial charge is 0.457 e. The molecule has 308 valence electrons. The van der Waals surface area contributed by atoms with Crippen molar-refractivity contribution in [2.45, 2.75) is 53.4 Å². The van der Waals surface area contributed by atoms with Crippen molar-refractivity contribution in [2.75, 3.05) is 0 Å². The first-order chi connectivity index (χ1) is 30.7. The number of pyridine rings is 1. The van der Waals surface area contributed by atoms with Crippen LogP contribution in [0.15, 0.2) is 182 Å². The van der Waals surface area contributed by atoms with Crippen molar-refractivity contribution in [1.82, 2.24) is 19.1 Å². The monoisotopic (exact) mass is 818 g/mol. The minimum Gasteiger partial charge on any atom is -0.457 e. The minimum atomic E-state index is 0.273. The van der Waals surface area contributed by atoms with E-state index < -0.39 is 0 Å². The van der Waals surface area contributed by atoms with Crippen LogP contribution in [0.3, 0.4) is 0 Å². The van der Waals surface area contributed by atoms with Crippen molar-refractivity contribution in [3.8, 4) is 67.8 Å². The number of para-hydroxylation sites is 1. The van der Waals surface area contributed by atoms with Gasteiger partial charge in [-0.2, -0.15) is 0 Å². The van der Waals surface area contributed by atoms with E-state index in [-0.39, 0.29) is 11.8 Å². The van der Waals surface area contributed by atoms with Crippen molar-refractivity contribution in [2.24, 2.45) is 0 Å². The van der Waals surface area contributed by atoms with Gasteiger partial charge >= 0.3 is 0 Å². The van der Waals surface area contributed by atoms with Crippen molar-refractivity contribution >= 4 is 21.8 Å². The van der Waals surface area contributed by atoms with Gasteiger partial charge in [-0.1, -0.05) is 137 Å². The lowest BCUT2D eigenvalue weighted by Crippen LogP contribution is -2.08. The summed E-state index contributed by atoms with van der Waals surface area (Å²) in [6.45, 7) is 13.4. The van der Waals surface area contributed by atoms with Gasteiger partial charge < -0.3 is 4.74 Å². The van der Waals surface area contributed by atoms with Crippen LogP contribution in [0.4, 0.5) is 0 Å². The summed E-state index contributed by atoms with van der Waals surface area (Å²) >= 11 is 0. The second kappa shape index (κ2) is 16.4. The molecule has 10 rings (SSSR count). The van der Waals surface area contributed by atoms with Gasteiger partial charge in [0, 0.05) is 41.0 Å². The van der Waals surface area contributed by atoms with Crippen LogP contribution in [0.1, 0.15) is 61.8 Å². The van der Waals surface area contributed by atoms with Gasteiger partial charge in [0.25, 0.3) is 0 Å². The zero-order chi connectivity index (χ0) is 43.2. The molecule has 5 nitrogen and oxygen atoms in total. The predicted molar refractivity (Wildman–Crippen MR) is 262 cm³/mol. The molecule has 10 aromatic rings. The Kier molecular flexibility index (Phi) is 10.3. The Morgan fingerprint density at radius 2 is 1.03 bits per heavy atom. The summed E-state index contributed by atoms with van der Waals surface area (Å²) in [7, 11) is 0. The Bertz CT molecular complexity index is 3230. The highest BCUT2D eigenvalue weighted by molar-refractivity contribution is 6.09. The molecule has 0 N–H and O–H groups in total. The molecular formula is C58H50N4O. The molecule has 0 saturated carbocycles. The predicted octanol–water partition coefficient (Wildman–Crippen LogP) is 15.7. The molecule has 0 saturated heterocycles. The summed E-state index contributed by atoms with van der Waals surface area (Å²) in [6.07, 6.45) is 5.96. The van der Waals surface area contributed by atoms with Crippen LogP contribution in [0.25, 0.3) is 78.1 Å². The highest BCUT2D eigenvalue weighted by Gasteiger charge is 2.22. The van der Waals surface area contributed by atoms with Gasteiger partial charge in [0.05, 0.1) is 16.7 Å². The molecule has 0 radical (unpaired) electrons. The van der Waals surface area contributed by atoms with Gasteiger partial charge in [0.15, 0.2) is 0 Å². The van der Waals surface area contributed by atoms with Crippen molar-refractivity contribution < 1.29 is 4.74 Å². The summed E-state index contributed by atoms with van der Waals surface area (Å²) in [5, 5.41) is 2.34. The van der Waals surface area contributed by atoms with Gasteiger partial charge in [-0.25, -0.2) is 9.97 Å². The maximum absolute atomic E-state index is 6.68. The van der Waals surface area contributed by atoms with E-state index in [0.29, 0.717) is 0 Å². The van der Waals surface area contributed by atoms with Crippen LogP contribution in [0.5, 0.6) is 11.5 Å². The van der Waals surface area contributed by atoms with Gasteiger partial charge in [0.1, 0.15) is 23.1 Å². The van der Waals surface area contributed by atoms with E-state index in [4.69, 9.17) is 14.7 Å². The van der Waals surface area contributed by atoms with E-state index in [1.54, 1.807) is 0 Å². The molecule has 0 aliphatic carbocycles. The zero-order valence-corrected chi connectivity index (χ0v) is 36.7. The summed E-state index contributed by atoms with van der Waals surface area (Å²) in [5.41, 5.74) is 16.6. The van der Waals surface area contributed by atoms with E-state index in [0.717, 1.165) is 45.1 Å². The molecule has 7 aromatic carbocycles. The highest BCUT2D eigenvalue weighted by atomic mass is 16.5. The third-order valence-corrected chi connectivity index (χ3v) is 12.4. The van der Waals surface area contributed by atoms with E-state index in [2.05, 4.69) is 215 Å². The maximum Gasteiger partial charge on any atom is 0.144 e. The second-order valence-electron chi connectivity index (χ2n) is 17.2. The van der Waals surface area contributed by atoms with Crippen LogP contribution in [-0.2, 0) is 0 Å². The Hall–Kier alpha value is -7.50. The molecule has 0 fully saturated rings. The Morgan fingerprint density at radius 1 is 0.460 bits per heavy atom. The fraction of sp³-hybridized carbons (Fsp3) is 0.138. The van der Waals surface area contributed by atoms with E-state index in [1.165, 1.54) is 66.7 Å². The van der Waals surface area contributed by atoms with Crippen LogP contribution in [-0.4, -0.2) is 19.1 Å². The summed E-state index contributed by atoms with van der Waals surface area (Å²) in [5.74, 6) is 3.81. The number of hydrogen-bond acceptors (Lipinski definition) is 3. The first kappa shape index (κ1) is 39.6. The fourth-order valence-corrected chi connectivity index (χ4v) is 8.87. The average molecular weight is 819 g/mol. The highest BCUT2D eigenvalue weighted by Crippen LogP contribution is 2.40. The molecule has 63 heavy (non-hydrogen) atoms. The first-order valence-electron chi connectivity index (χ1n) is 21.9. The molecule has 0 bridgehead atoms. The Labute approximate surface area is 370 Å². The molecule has 0 unspecified atom stereocenters. The number of imidazole rings is 1. The van der Waals surface area contributed by atoms with E-state index in [9.17, 15) is 0 Å². The van der Waals surface area contributed by atoms with Gasteiger partial charge in [-0.3, -0.25) is 9.13 Å².